The molecule has 2 heterocycles. The van der Waals surface area contributed by atoms with Gasteiger partial charge in [0.25, 0.3) is 0 Å². The standard InChI is InChI=1S/C23H30N6O7/c24-14(8-12-10-26-15-5-2-1-4-13(12)15)20(32)28-17(11-30)22(34)29-7-3-6-18(29)21(33)27-16(23(35)36)9-19(25)31/h1-2,4-5,10,14,16-18,26,30H,3,6-9,11,24H2,(H2,25,31)(H,27,33)(H,28,32)(H,35,36). The number of nitrogens with two attached hydrogens (primary N) is 2. The lowest BCUT2D eigenvalue weighted by atomic mass is 10.0. The van der Waals surface area contributed by atoms with Crippen LogP contribution < -0.4 is 22.1 Å². The molecule has 1 aliphatic heterocycles. The maximum atomic E-state index is 13.1. The highest BCUT2D eigenvalue weighted by Gasteiger charge is 2.39. The highest BCUT2D eigenvalue weighted by molar-refractivity contribution is 5.95. The van der Waals surface area contributed by atoms with E-state index in [1.54, 1.807) is 6.20 Å². The molecule has 4 unspecified atom stereocenters. The SMILES string of the molecule is NC(=O)CC(NC(=O)C1CCCN1C(=O)C(CO)NC(=O)C(N)Cc1c[nH]c2ccccc12)C(=O)O. The number of aromatic amines is 1. The molecular weight excluding hydrogens is 472 g/mol. The van der Waals surface area contributed by atoms with E-state index in [9.17, 15) is 34.2 Å². The van der Waals surface area contributed by atoms with Gasteiger partial charge < -0.3 is 42.2 Å². The first-order valence-corrected chi connectivity index (χ1v) is 11.5. The number of carboxylic acid groups (broad SMARTS) is 1. The van der Waals surface area contributed by atoms with Crippen LogP contribution in [0.2, 0.25) is 0 Å². The maximum Gasteiger partial charge on any atom is 0.326 e. The first-order valence-electron chi connectivity index (χ1n) is 11.5. The Kier molecular flexibility index (Phi) is 8.61. The number of carbonyl (C=O) groups excluding carboxylic acids is 4. The van der Waals surface area contributed by atoms with Gasteiger partial charge >= 0.3 is 5.97 Å². The van der Waals surface area contributed by atoms with Crippen LogP contribution in [0.25, 0.3) is 10.9 Å². The molecule has 1 aromatic carbocycles. The van der Waals surface area contributed by atoms with Crippen molar-refractivity contribution < 1.29 is 34.2 Å². The third-order valence-electron chi connectivity index (χ3n) is 6.11. The van der Waals surface area contributed by atoms with Gasteiger partial charge in [-0.3, -0.25) is 19.2 Å². The lowest BCUT2D eigenvalue weighted by molar-refractivity contribution is -0.146. The van der Waals surface area contributed by atoms with Gasteiger partial charge in [0.05, 0.1) is 19.1 Å². The van der Waals surface area contributed by atoms with Gasteiger partial charge in [-0.05, 0) is 30.9 Å². The number of carbonyl (C=O) groups is 5. The predicted octanol–water partition coefficient (Wildman–Crippen LogP) is -2.05. The molecule has 4 atom stereocenters. The number of amides is 4. The number of rotatable bonds is 11. The van der Waals surface area contributed by atoms with Crippen LogP contribution in [0.4, 0.5) is 0 Å². The fraction of sp³-hybridized carbons (Fsp3) is 0.435. The van der Waals surface area contributed by atoms with Crippen molar-refractivity contribution in [2.45, 2.75) is 49.9 Å². The van der Waals surface area contributed by atoms with Crippen molar-refractivity contribution in [1.82, 2.24) is 20.5 Å². The molecule has 13 nitrogen and oxygen atoms in total. The molecule has 0 saturated carbocycles. The number of aliphatic carboxylic acids is 1. The van der Waals surface area contributed by atoms with Gasteiger partial charge in [0.1, 0.15) is 18.1 Å². The quantitative estimate of drug-likeness (QED) is 0.181. The van der Waals surface area contributed by atoms with Gasteiger partial charge in [-0.15, -0.1) is 0 Å². The van der Waals surface area contributed by atoms with Crippen molar-refractivity contribution in [1.29, 1.82) is 0 Å². The van der Waals surface area contributed by atoms with E-state index in [2.05, 4.69) is 15.6 Å². The van der Waals surface area contributed by atoms with Crippen LogP contribution in [0, 0.1) is 0 Å². The molecule has 2 aromatic rings. The Hall–Kier alpha value is -3.97. The third kappa shape index (κ3) is 6.17. The first kappa shape index (κ1) is 26.6. The second-order valence-corrected chi connectivity index (χ2v) is 8.67. The number of aliphatic hydroxyl groups excluding tert-OH is 1. The van der Waals surface area contributed by atoms with E-state index in [4.69, 9.17) is 11.5 Å². The Bertz CT molecular complexity index is 1150. The van der Waals surface area contributed by atoms with Crippen LogP contribution >= 0.6 is 0 Å². The highest BCUT2D eigenvalue weighted by Crippen LogP contribution is 2.20. The summed E-state index contributed by atoms with van der Waals surface area (Å²) in [6.45, 7) is -0.563. The van der Waals surface area contributed by atoms with Crippen molar-refractivity contribution in [3.8, 4) is 0 Å². The number of aliphatic hydroxyl groups is 1. The lowest BCUT2D eigenvalue weighted by Crippen LogP contribution is -2.58. The average Bonchev–Trinajstić information content (AvgIpc) is 3.49. The number of nitrogens with one attached hydrogen (secondary N) is 3. The number of benzene rings is 1. The average molecular weight is 503 g/mol. The van der Waals surface area contributed by atoms with E-state index in [0.717, 1.165) is 16.5 Å². The molecule has 0 aliphatic carbocycles. The minimum absolute atomic E-state index is 0.165. The van der Waals surface area contributed by atoms with Crippen molar-refractivity contribution in [3.05, 3.63) is 36.0 Å². The third-order valence-corrected chi connectivity index (χ3v) is 6.11. The van der Waals surface area contributed by atoms with Crippen molar-refractivity contribution in [2.24, 2.45) is 11.5 Å². The Labute approximate surface area is 206 Å². The van der Waals surface area contributed by atoms with Gasteiger partial charge in [0.15, 0.2) is 0 Å². The highest BCUT2D eigenvalue weighted by atomic mass is 16.4. The first-order chi connectivity index (χ1) is 17.1. The zero-order valence-electron chi connectivity index (χ0n) is 19.5. The molecule has 13 heteroatoms. The lowest BCUT2D eigenvalue weighted by Gasteiger charge is -2.29. The summed E-state index contributed by atoms with van der Waals surface area (Å²) in [4.78, 5) is 65.2. The van der Waals surface area contributed by atoms with Crippen molar-refractivity contribution in [2.75, 3.05) is 13.2 Å². The molecule has 0 radical (unpaired) electrons. The van der Waals surface area contributed by atoms with Crippen molar-refractivity contribution >= 4 is 40.5 Å². The number of hydrogen-bond acceptors (Lipinski definition) is 7. The van der Waals surface area contributed by atoms with E-state index in [1.165, 1.54) is 4.90 Å². The second kappa shape index (κ2) is 11.6. The summed E-state index contributed by atoms with van der Waals surface area (Å²) in [6, 6.07) is 2.60. The number of hydrogen-bond donors (Lipinski definition) is 7. The summed E-state index contributed by atoms with van der Waals surface area (Å²) >= 11 is 0. The van der Waals surface area contributed by atoms with Gasteiger partial charge in [-0.1, -0.05) is 18.2 Å². The van der Waals surface area contributed by atoms with E-state index in [1.807, 2.05) is 24.3 Å². The van der Waals surface area contributed by atoms with E-state index >= 15 is 0 Å². The summed E-state index contributed by atoms with van der Waals surface area (Å²) in [6.07, 6.45) is 2.03. The molecule has 0 spiro atoms. The van der Waals surface area contributed by atoms with Crippen molar-refractivity contribution in [3.63, 3.8) is 0 Å². The number of likely N-dealkylation sites (tertiary alicyclic amines) is 1. The molecule has 0 bridgehead atoms. The van der Waals surface area contributed by atoms with E-state index in [-0.39, 0.29) is 19.4 Å². The van der Waals surface area contributed by atoms with Gasteiger partial charge in [-0.2, -0.15) is 0 Å². The van der Waals surface area contributed by atoms with Gasteiger partial charge in [-0.25, -0.2) is 4.79 Å². The molecule has 1 fully saturated rings. The van der Waals surface area contributed by atoms with Gasteiger partial charge in [0, 0.05) is 23.6 Å². The Morgan fingerprint density at radius 1 is 1.14 bits per heavy atom. The topological polar surface area (TPSA) is 221 Å². The summed E-state index contributed by atoms with van der Waals surface area (Å²) in [5.74, 6) is -4.48. The van der Waals surface area contributed by atoms with E-state index in [0.29, 0.717) is 6.42 Å². The number of fused-ring (bicyclic) bond motifs is 1. The molecule has 9 N–H and O–H groups in total. The molecule has 1 saturated heterocycles. The summed E-state index contributed by atoms with van der Waals surface area (Å²) < 4.78 is 0. The van der Waals surface area contributed by atoms with Crippen LogP contribution in [0.3, 0.4) is 0 Å². The van der Waals surface area contributed by atoms with Crippen LogP contribution in [-0.2, 0) is 30.4 Å². The number of H-pyrrole nitrogens is 1. The summed E-state index contributed by atoms with van der Waals surface area (Å²) in [7, 11) is 0. The summed E-state index contributed by atoms with van der Waals surface area (Å²) in [5, 5.41) is 24.6. The molecule has 4 amide bonds. The van der Waals surface area contributed by atoms with Gasteiger partial charge in [0.2, 0.25) is 23.6 Å². The fourth-order valence-corrected chi connectivity index (χ4v) is 4.27. The number of nitrogens with zero attached hydrogens (tertiary/aromatic N) is 1. The number of carboxylic acids is 1. The Balaban J connectivity index is 1.63. The zero-order valence-corrected chi connectivity index (χ0v) is 19.5. The molecule has 1 aliphatic rings. The van der Waals surface area contributed by atoms with Crippen LogP contribution in [0.5, 0.6) is 0 Å². The Morgan fingerprint density at radius 2 is 1.86 bits per heavy atom. The van der Waals surface area contributed by atoms with E-state index < -0.39 is 66.8 Å². The molecule has 36 heavy (non-hydrogen) atoms. The maximum absolute atomic E-state index is 13.1. The predicted molar refractivity (Wildman–Crippen MR) is 127 cm³/mol. The molecule has 1 aromatic heterocycles. The minimum Gasteiger partial charge on any atom is -0.480 e. The molecule has 194 valence electrons. The largest absolute Gasteiger partial charge is 0.480 e. The molecule has 3 rings (SSSR count). The fourth-order valence-electron chi connectivity index (χ4n) is 4.27. The summed E-state index contributed by atoms with van der Waals surface area (Å²) in [5.41, 5.74) is 12.8. The minimum atomic E-state index is -1.54. The smallest absolute Gasteiger partial charge is 0.326 e. The number of aromatic nitrogens is 1. The zero-order chi connectivity index (χ0) is 26.4. The molecular formula is C23H30N6O7. The normalized spacial score (nSPS) is 17.8. The van der Waals surface area contributed by atoms with Crippen LogP contribution in [-0.4, -0.2) is 87.0 Å². The number of primary amides is 1. The van der Waals surface area contributed by atoms with Crippen LogP contribution in [0.1, 0.15) is 24.8 Å². The number of para-hydroxylation sites is 1. The monoisotopic (exact) mass is 502 g/mol. The Morgan fingerprint density at radius 3 is 2.53 bits per heavy atom. The van der Waals surface area contributed by atoms with Crippen LogP contribution in [0.15, 0.2) is 30.5 Å². The second-order valence-electron chi connectivity index (χ2n) is 8.67.